The van der Waals surface area contributed by atoms with Crippen molar-refractivity contribution in [3.8, 4) is 0 Å². The lowest BCUT2D eigenvalue weighted by atomic mass is 10.1. The number of hydrogen-bond acceptors (Lipinski definition) is 3. The third-order valence-corrected chi connectivity index (χ3v) is 4.51. The number of rotatable bonds is 3. The molecule has 0 bridgehead atoms. The lowest BCUT2D eigenvalue weighted by molar-refractivity contribution is 0.283. The minimum Gasteiger partial charge on any atom is -0.392 e. The van der Waals surface area contributed by atoms with Crippen molar-refractivity contribution >= 4 is 22.2 Å². The lowest BCUT2D eigenvalue weighted by Crippen LogP contribution is -1.97. The second-order valence-electron chi connectivity index (χ2n) is 4.70. The molecule has 0 aliphatic heterocycles. The molecule has 0 fully saturated rings. The van der Waals surface area contributed by atoms with Gasteiger partial charge >= 0.3 is 0 Å². The Balaban J connectivity index is 2.02. The van der Waals surface area contributed by atoms with Crippen LogP contribution in [0.1, 0.15) is 21.1 Å². The van der Waals surface area contributed by atoms with E-state index in [-0.39, 0.29) is 6.61 Å². The molecule has 0 radical (unpaired) electrons. The molecule has 0 aliphatic carbocycles. The molecule has 0 saturated carbocycles. The second-order valence-corrected chi connectivity index (χ2v) is 5.99. The molecule has 0 saturated heterocycles. The predicted molar refractivity (Wildman–Crippen MR) is 78.6 cm³/mol. The summed E-state index contributed by atoms with van der Waals surface area (Å²) in [5.41, 5.74) is 3.24. The summed E-state index contributed by atoms with van der Waals surface area (Å²) in [6.07, 6.45) is 2.07. The van der Waals surface area contributed by atoms with Crippen LogP contribution in [0.2, 0.25) is 0 Å². The maximum Gasteiger partial charge on any atom is 0.113 e. The number of aliphatic hydroxyl groups excluding tert-OH is 1. The fraction of sp³-hybridized carbons (Fsp3) is 0.267. The zero-order valence-electron chi connectivity index (χ0n) is 11.1. The number of aliphatic hydroxyl groups is 1. The first-order valence-electron chi connectivity index (χ1n) is 6.29. The van der Waals surface area contributed by atoms with Gasteiger partial charge in [0.25, 0.3) is 0 Å². The molecule has 0 spiro atoms. The Morgan fingerprint density at radius 1 is 1.26 bits per heavy atom. The molecule has 3 rings (SSSR count). The highest BCUT2D eigenvalue weighted by atomic mass is 32.1. The van der Waals surface area contributed by atoms with Crippen LogP contribution in [0.25, 0.3) is 10.9 Å². The van der Waals surface area contributed by atoms with Gasteiger partial charge in [-0.3, -0.25) is 0 Å². The molecule has 98 valence electrons. The van der Waals surface area contributed by atoms with Crippen LogP contribution >= 0.6 is 11.3 Å². The summed E-state index contributed by atoms with van der Waals surface area (Å²) in [5, 5.41) is 11.6. The molecule has 0 amide bonds. The van der Waals surface area contributed by atoms with Gasteiger partial charge in [0, 0.05) is 22.0 Å². The van der Waals surface area contributed by atoms with E-state index in [0.29, 0.717) is 0 Å². The van der Waals surface area contributed by atoms with Gasteiger partial charge in [-0.05, 0) is 31.5 Å². The van der Waals surface area contributed by atoms with Crippen molar-refractivity contribution < 1.29 is 5.11 Å². The van der Waals surface area contributed by atoms with E-state index in [4.69, 9.17) is 0 Å². The smallest absolute Gasteiger partial charge is 0.113 e. The quantitative estimate of drug-likeness (QED) is 0.794. The third-order valence-electron chi connectivity index (χ3n) is 3.45. The van der Waals surface area contributed by atoms with Gasteiger partial charge in [-0.15, -0.1) is 11.3 Å². The first-order valence-corrected chi connectivity index (χ1v) is 7.11. The van der Waals surface area contributed by atoms with Crippen molar-refractivity contribution in [3.63, 3.8) is 0 Å². The van der Waals surface area contributed by atoms with Gasteiger partial charge in [-0.1, -0.05) is 12.1 Å². The first kappa shape index (κ1) is 12.4. The Morgan fingerprint density at radius 2 is 2.11 bits per heavy atom. The molecule has 4 heteroatoms. The molecule has 0 atom stereocenters. The standard InChI is InChI=1S/C15H16N2OS/c1-10-11(2)19-15(16-10)8-17-7-6-13-12(9-18)4-3-5-14(13)17/h3-7,18H,8-9H2,1-2H3. The van der Waals surface area contributed by atoms with Crippen LogP contribution in [-0.2, 0) is 13.2 Å². The van der Waals surface area contributed by atoms with E-state index in [1.165, 1.54) is 4.88 Å². The zero-order chi connectivity index (χ0) is 13.4. The number of nitrogens with zero attached hydrogens (tertiary/aromatic N) is 2. The van der Waals surface area contributed by atoms with Crippen LogP contribution in [0.3, 0.4) is 0 Å². The Hall–Kier alpha value is -1.65. The Morgan fingerprint density at radius 3 is 2.79 bits per heavy atom. The minimum absolute atomic E-state index is 0.0802. The largest absolute Gasteiger partial charge is 0.392 e. The number of aromatic nitrogens is 2. The van der Waals surface area contributed by atoms with Crippen LogP contribution in [0, 0.1) is 13.8 Å². The first-order chi connectivity index (χ1) is 9.19. The van der Waals surface area contributed by atoms with E-state index < -0.39 is 0 Å². The lowest BCUT2D eigenvalue weighted by Gasteiger charge is -2.04. The predicted octanol–water partition coefficient (Wildman–Crippen LogP) is 3.26. The second kappa shape index (κ2) is 4.79. The van der Waals surface area contributed by atoms with Gasteiger partial charge in [0.15, 0.2) is 0 Å². The van der Waals surface area contributed by atoms with Crippen LogP contribution in [0.5, 0.6) is 0 Å². The fourth-order valence-corrected chi connectivity index (χ4v) is 3.25. The highest BCUT2D eigenvalue weighted by Crippen LogP contribution is 2.23. The molecule has 19 heavy (non-hydrogen) atoms. The Labute approximate surface area is 116 Å². The average Bonchev–Trinajstić information content (AvgIpc) is 2.95. The molecule has 1 N–H and O–H groups in total. The van der Waals surface area contributed by atoms with E-state index in [2.05, 4.69) is 34.8 Å². The van der Waals surface area contributed by atoms with Crippen molar-refractivity contribution in [2.75, 3.05) is 0 Å². The number of fused-ring (bicyclic) bond motifs is 1. The summed E-state index contributed by atoms with van der Waals surface area (Å²) in [6.45, 7) is 5.02. The SMILES string of the molecule is Cc1nc(Cn2ccc3c(CO)cccc32)sc1C. The van der Waals surface area contributed by atoms with Crippen molar-refractivity contribution in [2.24, 2.45) is 0 Å². The van der Waals surface area contributed by atoms with Crippen molar-refractivity contribution in [2.45, 2.75) is 27.0 Å². The van der Waals surface area contributed by atoms with E-state index >= 15 is 0 Å². The van der Waals surface area contributed by atoms with Gasteiger partial charge in [0.2, 0.25) is 0 Å². The zero-order valence-corrected chi connectivity index (χ0v) is 11.9. The third kappa shape index (κ3) is 2.17. The van der Waals surface area contributed by atoms with Crippen LogP contribution in [-0.4, -0.2) is 14.7 Å². The van der Waals surface area contributed by atoms with Crippen LogP contribution in [0.15, 0.2) is 30.5 Å². The molecule has 1 aromatic carbocycles. The maximum atomic E-state index is 9.35. The number of aryl methyl sites for hydroxylation is 2. The molecule has 2 aromatic heterocycles. The number of benzene rings is 1. The van der Waals surface area contributed by atoms with Crippen LogP contribution in [0.4, 0.5) is 0 Å². The summed E-state index contributed by atoms with van der Waals surface area (Å²) < 4.78 is 2.19. The van der Waals surface area contributed by atoms with E-state index in [1.54, 1.807) is 11.3 Å². The van der Waals surface area contributed by atoms with E-state index in [0.717, 1.165) is 33.7 Å². The van der Waals surface area contributed by atoms with Crippen molar-refractivity contribution in [1.29, 1.82) is 0 Å². The van der Waals surface area contributed by atoms with Gasteiger partial charge in [0.1, 0.15) is 5.01 Å². The van der Waals surface area contributed by atoms with Gasteiger partial charge in [0.05, 0.1) is 18.8 Å². The maximum absolute atomic E-state index is 9.35. The Bertz CT molecular complexity index is 707. The fourth-order valence-electron chi connectivity index (χ4n) is 2.32. The van der Waals surface area contributed by atoms with Crippen molar-refractivity contribution in [3.05, 3.63) is 51.6 Å². The Kier molecular flexibility index (Phi) is 3.12. The minimum atomic E-state index is 0.0802. The van der Waals surface area contributed by atoms with Crippen LogP contribution < -0.4 is 0 Å². The highest BCUT2D eigenvalue weighted by molar-refractivity contribution is 7.11. The average molecular weight is 272 g/mol. The molecule has 3 nitrogen and oxygen atoms in total. The molecule has 0 unspecified atom stereocenters. The van der Waals surface area contributed by atoms with E-state index in [9.17, 15) is 5.11 Å². The summed E-state index contributed by atoms with van der Waals surface area (Å²) in [7, 11) is 0. The normalized spacial score (nSPS) is 11.3. The van der Waals surface area contributed by atoms with Gasteiger partial charge in [-0.25, -0.2) is 4.98 Å². The molecular formula is C15H16N2OS. The van der Waals surface area contributed by atoms with E-state index in [1.807, 2.05) is 19.1 Å². The summed E-state index contributed by atoms with van der Waals surface area (Å²) in [4.78, 5) is 5.86. The summed E-state index contributed by atoms with van der Waals surface area (Å²) in [6, 6.07) is 8.10. The highest BCUT2D eigenvalue weighted by Gasteiger charge is 2.08. The molecule has 3 aromatic rings. The number of thiazole rings is 1. The summed E-state index contributed by atoms with van der Waals surface area (Å²) >= 11 is 1.75. The van der Waals surface area contributed by atoms with Gasteiger partial charge in [-0.2, -0.15) is 0 Å². The molecular weight excluding hydrogens is 256 g/mol. The number of hydrogen-bond donors (Lipinski definition) is 1. The molecule has 2 heterocycles. The monoisotopic (exact) mass is 272 g/mol. The topological polar surface area (TPSA) is 38.0 Å². The molecule has 0 aliphatic rings. The van der Waals surface area contributed by atoms with Crippen molar-refractivity contribution in [1.82, 2.24) is 9.55 Å². The van der Waals surface area contributed by atoms with Gasteiger partial charge < -0.3 is 9.67 Å². The summed E-state index contributed by atoms with van der Waals surface area (Å²) in [5.74, 6) is 0.